The van der Waals surface area contributed by atoms with E-state index in [2.05, 4.69) is 10.7 Å². The fourth-order valence-electron chi connectivity index (χ4n) is 3.41. The smallest absolute Gasteiger partial charge is 0.307 e. The summed E-state index contributed by atoms with van der Waals surface area (Å²) in [5, 5.41) is 21.1. The van der Waals surface area contributed by atoms with Crippen LogP contribution in [0.4, 0.5) is 16.2 Å². The van der Waals surface area contributed by atoms with Crippen molar-refractivity contribution in [3.8, 4) is 11.1 Å². The Kier molecular flexibility index (Phi) is 7.87. The molecule has 0 aliphatic heterocycles. The minimum atomic E-state index is -3.38. The van der Waals surface area contributed by atoms with Crippen LogP contribution in [0.2, 0.25) is 0 Å². The van der Waals surface area contributed by atoms with Gasteiger partial charge in [0.25, 0.3) is 0 Å². The molecule has 0 aliphatic rings. The van der Waals surface area contributed by atoms with Gasteiger partial charge in [-0.1, -0.05) is 49.4 Å². The summed E-state index contributed by atoms with van der Waals surface area (Å²) in [6.45, 7) is 2.50. The van der Waals surface area contributed by atoms with Crippen molar-refractivity contribution in [1.29, 1.82) is 5.41 Å². The van der Waals surface area contributed by atoms with E-state index in [1.165, 1.54) is 6.26 Å². The third-order valence-electron chi connectivity index (χ3n) is 4.98. The van der Waals surface area contributed by atoms with E-state index in [-0.39, 0.29) is 10.7 Å². The van der Waals surface area contributed by atoms with Gasteiger partial charge in [0.15, 0.2) is 9.84 Å². The molecule has 3 aromatic rings. The summed E-state index contributed by atoms with van der Waals surface area (Å²) in [5.41, 5.74) is 7.58. The molecule has 178 valence electrons. The molecule has 0 saturated carbocycles. The average Bonchev–Trinajstić information content (AvgIpc) is 2.83. The normalized spacial score (nSPS) is 10.9. The highest BCUT2D eigenvalue weighted by Gasteiger charge is 2.15. The molecule has 34 heavy (non-hydrogen) atoms. The molecule has 0 atom stereocenters. The van der Waals surface area contributed by atoms with Crippen LogP contribution in [0.1, 0.15) is 18.9 Å². The number of hydrazine groups is 1. The third kappa shape index (κ3) is 6.12. The number of rotatable bonds is 8. The van der Waals surface area contributed by atoms with Crippen molar-refractivity contribution in [2.75, 3.05) is 23.1 Å². The Labute approximate surface area is 198 Å². The Balaban J connectivity index is 1.74. The van der Waals surface area contributed by atoms with E-state index in [4.69, 9.17) is 10.6 Å². The number of hydroxylamine groups is 1. The van der Waals surface area contributed by atoms with E-state index in [1.54, 1.807) is 77.8 Å². The SMILES string of the molecule is CCCN(NC(=O)Nc1ccc(-c2ccccc2S(C)(=O)=O)cc1)c1cccc(C(=N)NO)c1. The highest BCUT2D eigenvalue weighted by atomic mass is 32.2. The van der Waals surface area contributed by atoms with Gasteiger partial charge in [-0.15, -0.1) is 0 Å². The van der Waals surface area contributed by atoms with Crippen LogP contribution in [-0.4, -0.2) is 38.3 Å². The van der Waals surface area contributed by atoms with Gasteiger partial charge < -0.3 is 5.32 Å². The van der Waals surface area contributed by atoms with Crippen molar-refractivity contribution in [3.63, 3.8) is 0 Å². The molecule has 10 heteroatoms. The standard InChI is InChI=1S/C24H27N5O4S/c1-3-15-29(20-8-6-7-18(16-20)23(25)28-31)27-24(30)26-19-13-11-17(12-14-19)21-9-4-5-10-22(21)34(2,32)33/h4-14,16,31H,3,15H2,1-2H3,(H2,25,28)(H2,26,27,30). The molecule has 0 heterocycles. The Hall–Kier alpha value is -3.89. The van der Waals surface area contributed by atoms with Crippen molar-refractivity contribution in [3.05, 3.63) is 78.4 Å². The minimum Gasteiger partial charge on any atom is -0.307 e. The first kappa shape index (κ1) is 24.7. The Morgan fingerprint density at radius 1 is 1.03 bits per heavy atom. The summed E-state index contributed by atoms with van der Waals surface area (Å²) in [5.74, 6) is -0.153. The molecule has 0 aliphatic carbocycles. The summed E-state index contributed by atoms with van der Waals surface area (Å²) in [4.78, 5) is 12.9. The van der Waals surface area contributed by atoms with E-state index in [1.807, 2.05) is 12.4 Å². The number of carbonyl (C=O) groups is 1. The highest BCUT2D eigenvalue weighted by Crippen LogP contribution is 2.28. The van der Waals surface area contributed by atoms with E-state index in [0.717, 1.165) is 12.0 Å². The van der Waals surface area contributed by atoms with Gasteiger partial charge in [-0.2, -0.15) is 0 Å². The monoisotopic (exact) mass is 481 g/mol. The van der Waals surface area contributed by atoms with Crippen molar-refractivity contribution < 1.29 is 18.4 Å². The first-order valence-corrected chi connectivity index (χ1v) is 12.5. The maximum atomic E-state index is 12.6. The van der Waals surface area contributed by atoms with Crippen LogP contribution in [0.25, 0.3) is 11.1 Å². The van der Waals surface area contributed by atoms with Crippen LogP contribution in [0.15, 0.2) is 77.7 Å². The predicted molar refractivity (Wildman–Crippen MR) is 133 cm³/mol. The maximum absolute atomic E-state index is 12.6. The fraction of sp³-hybridized carbons (Fsp3) is 0.167. The first-order valence-electron chi connectivity index (χ1n) is 10.6. The second kappa shape index (κ2) is 10.8. The molecule has 0 bridgehead atoms. The molecule has 9 nitrogen and oxygen atoms in total. The van der Waals surface area contributed by atoms with Crippen molar-refractivity contribution >= 4 is 33.1 Å². The van der Waals surface area contributed by atoms with Gasteiger partial charge in [-0.05, 0) is 42.3 Å². The number of hydrogen-bond donors (Lipinski definition) is 5. The number of amides is 2. The van der Waals surface area contributed by atoms with E-state index in [0.29, 0.717) is 29.0 Å². The Bertz CT molecular complexity index is 1280. The summed E-state index contributed by atoms with van der Waals surface area (Å²) >= 11 is 0. The van der Waals surface area contributed by atoms with Gasteiger partial charge >= 0.3 is 6.03 Å². The molecule has 5 N–H and O–H groups in total. The van der Waals surface area contributed by atoms with E-state index < -0.39 is 15.9 Å². The summed E-state index contributed by atoms with van der Waals surface area (Å²) in [6.07, 6.45) is 1.93. The predicted octanol–water partition coefficient (Wildman–Crippen LogP) is 4.01. The third-order valence-corrected chi connectivity index (χ3v) is 6.14. The lowest BCUT2D eigenvalue weighted by molar-refractivity contribution is 0.234. The molecule has 3 rings (SSSR count). The molecular weight excluding hydrogens is 454 g/mol. The van der Waals surface area contributed by atoms with E-state index >= 15 is 0 Å². The first-order chi connectivity index (χ1) is 16.2. The molecule has 0 unspecified atom stereocenters. The molecule has 0 saturated heterocycles. The number of nitrogens with zero attached hydrogens (tertiary/aromatic N) is 1. The molecule has 0 fully saturated rings. The number of carbonyl (C=O) groups excluding carboxylic acids is 1. The van der Waals surface area contributed by atoms with Crippen LogP contribution in [0.5, 0.6) is 0 Å². The molecule has 2 amide bonds. The Morgan fingerprint density at radius 2 is 1.74 bits per heavy atom. The lowest BCUT2D eigenvalue weighted by atomic mass is 10.1. The lowest BCUT2D eigenvalue weighted by Crippen LogP contribution is -2.45. The average molecular weight is 482 g/mol. The van der Waals surface area contributed by atoms with Crippen molar-refractivity contribution in [2.24, 2.45) is 0 Å². The quantitative estimate of drug-likeness (QED) is 0.187. The van der Waals surface area contributed by atoms with Gasteiger partial charge in [0, 0.05) is 29.6 Å². The second-order valence-corrected chi connectivity index (χ2v) is 9.58. The van der Waals surface area contributed by atoms with Crippen molar-refractivity contribution in [2.45, 2.75) is 18.2 Å². The van der Waals surface area contributed by atoms with Gasteiger partial charge in [-0.25, -0.2) is 18.6 Å². The topological polar surface area (TPSA) is 135 Å². The van der Waals surface area contributed by atoms with Gasteiger partial charge in [0.1, 0.15) is 5.84 Å². The number of sulfone groups is 1. The van der Waals surface area contributed by atoms with Crippen LogP contribution in [-0.2, 0) is 9.84 Å². The Morgan fingerprint density at radius 3 is 2.38 bits per heavy atom. The zero-order chi connectivity index (χ0) is 24.7. The van der Waals surface area contributed by atoms with Crippen LogP contribution in [0.3, 0.4) is 0 Å². The molecule has 0 radical (unpaired) electrons. The largest absolute Gasteiger partial charge is 0.338 e. The number of amidine groups is 1. The number of urea groups is 1. The van der Waals surface area contributed by atoms with Crippen molar-refractivity contribution in [1.82, 2.24) is 10.9 Å². The number of anilines is 2. The lowest BCUT2D eigenvalue weighted by Gasteiger charge is -2.25. The van der Waals surface area contributed by atoms with Gasteiger partial charge in [0.05, 0.1) is 10.6 Å². The van der Waals surface area contributed by atoms with Crippen LogP contribution >= 0.6 is 0 Å². The second-order valence-electron chi connectivity index (χ2n) is 7.60. The number of benzene rings is 3. The van der Waals surface area contributed by atoms with Crippen LogP contribution < -0.4 is 21.2 Å². The van der Waals surface area contributed by atoms with Crippen LogP contribution in [0, 0.1) is 5.41 Å². The zero-order valence-electron chi connectivity index (χ0n) is 18.9. The summed E-state index contributed by atoms with van der Waals surface area (Å²) < 4.78 is 24.2. The minimum absolute atomic E-state index is 0.153. The molecule has 0 aromatic heterocycles. The maximum Gasteiger partial charge on any atom is 0.338 e. The van der Waals surface area contributed by atoms with Gasteiger partial charge in [0.2, 0.25) is 0 Å². The number of nitrogens with one attached hydrogen (secondary N) is 4. The summed E-state index contributed by atoms with van der Waals surface area (Å²) in [7, 11) is -3.38. The number of hydrogen-bond acceptors (Lipinski definition) is 6. The summed E-state index contributed by atoms with van der Waals surface area (Å²) in [6, 6.07) is 20.1. The molecular formula is C24H27N5O4S. The highest BCUT2D eigenvalue weighted by molar-refractivity contribution is 7.90. The zero-order valence-corrected chi connectivity index (χ0v) is 19.7. The molecule has 3 aromatic carbocycles. The fourth-order valence-corrected chi connectivity index (χ4v) is 4.32. The molecule has 0 spiro atoms. The van der Waals surface area contributed by atoms with E-state index in [9.17, 15) is 13.2 Å². The van der Waals surface area contributed by atoms with Gasteiger partial charge in [-0.3, -0.25) is 21.1 Å².